The summed E-state index contributed by atoms with van der Waals surface area (Å²) in [7, 11) is 0. The lowest BCUT2D eigenvalue weighted by molar-refractivity contribution is -0.116. The molecule has 0 unspecified atom stereocenters. The Labute approximate surface area is 156 Å². The van der Waals surface area contributed by atoms with E-state index in [1.165, 1.54) is 6.08 Å². The van der Waals surface area contributed by atoms with Crippen LogP contribution in [0.3, 0.4) is 0 Å². The summed E-state index contributed by atoms with van der Waals surface area (Å²) < 4.78 is 11.0. The molecule has 0 saturated heterocycles. The van der Waals surface area contributed by atoms with Gasteiger partial charge in [0.1, 0.15) is 13.2 Å². The average molecular weight is 376 g/mol. The van der Waals surface area contributed by atoms with Crippen LogP contribution in [0.25, 0.3) is 6.08 Å². The molecule has 1 N–H and O–H groups in total. The summed E-state index contributed by atoms with van der Waals surface area (Å²) in [5.74, 6) is 2.14. The van der Waals surface area contributed by atoms with Gasteiger partial charge < -0.3 is 14.8 Å². The highest BCUT2D eigenvalue weighted by atomic mass is 35.5. The molecule has 1 heterocycles. The lowest BCUT2D eigenvalue weighted by Crippen LogP contribution is -2.23. The van der Waals surface area contributed by atoms with Gasteiger partial charge in [-0.05, 0) is 48.0 Å². The summed E-state index contributed by atoms with van der Waals surface area (Å²) >= 11 is 7.52. The molecule has 4 nitrogen and oxygen atoms in total. The van der Waals surface area contributed by atoms with Gasteiger partial charge in [0.25, 0.3) is 0 Å². The Morgan fingerprint density at radius 3 is 2.68 bits per heavy atom. The van der Waals surface area contributed by atoms with Crippen LogP contribution in [-0.2, 0) is 4.79 Å². The number of hydrogen-bond donors (Lipinski definition) is 1. The Morgan fingerprint density at radius 2 is 1.88 bits per heavy atom. The van der Waals surface area contributed by atoms with Gasteiger partial charge in [-0.2, -0.15) is 0 Å². The molecule has 0 aromatic heterocycles. The predicted molar refractivity (Wildman–Crippen MR) is 102 cm³/mol. The second-order valence-corrected chi connectivity index (χ2v) is 6.93. The van der Waals surface area contributed by atoms with Crippen LogP contribution >= 0.6 is 23.4 Å². The van der Waals surface area contributed by atoms with E-state index in [-0.39, 0.29) is 5.91 Å². The Kier molecular flexibility index (Phi) is 6.25. The van der Waals surface area contributed by atoms with Crippen LogP contribution in [0.4, 0.5) is 0 Å². The minimum atomic E-state index is -0.119. The van der Waals surface area contributed by atoms with Crippen molar-refractivity contribution >= 4 is 35.3 Å². The van der Waals surface area contributed by atoms with Crippen molar-refractivity contribution in [3.63, 3.8) is 0 Å². The fourth-order valence-corrected chi connectivity index (χ4v) is 3.16. The first-order chi connectivity index (χ1) is 12.2. The number of halogens is 1. The van der Waals surface area contributed by atoms with Gasteiger partial charge in [-0.25, -0.2) is 0 Å². The number of rotatable bonds is 6. The van der Waals surface area contributed by atoms with E-state index in [0.29, 0.717) is 25.5 Å². The van der Waals surface area contributed by atoms with Gasteiger partial charge in [0.2, 0.25) is 5.91 Å². The second-order valence-electron chi connectivity index (χ2n) is 5.33. The van der Waals surface area contributed by atoms with Crippen LogP contribution < -0.4 is 14.8 Å². The number of ether oxygens (including phenoxy) is 2. The predicted octanol–water partition coefficient (Wildman–Crippen LogP) is 4.03. The molecule has 130 valence electrons. The molecular weight excluding hydrogens is 358 g/mol. The molecule has 0 saturated carbocycles. The molecule has 0 fully saturated rings. The van der Waals surface area contributed by atoms with Gasteiger partial charge in [-0.15, -0.1) is 11.8 Å². The van der Waals surface area contributed by atoms with Gasteiger partial charge >= 0.3 is 0 Å². The van der Waals surface area contributed by atoms with Crippen molar-refractivity contribution in [3.8, 4) is 11.5 Å². The van der Waals surface area contributed by atoms with Crippen molar-refractivity contribution in [3.05, 3.63) is 59.1 Å². The average Bonchev–Trinajstić information content (AvgIpc) is 2.65. The van der Waals surface area contributed by atoms with Crippen LogP contribution in [0.1, 0.15) is 5.56 Å². The maximum Gasteiger partial charge on any atom is 0.244 e. The highest BCUT2D eigenvalue weighted by molar-refractivity contribution is 7.99. The number of carbonyl (C=O) groups excluding carboxylic acids is 1. The Hall–Kier alpha value is -2.11. The maximum atomic E-state index is 11.9. The molecule has 0 radical (unpaired) electrons. The highest BCUT2D eigenvalue weighted by Crippen LogP contribution is 2.31. The molecule has 0 aliphatic carbocycles. The fraction of sp³-hybridized carbons (Fsp3) is 0.211. The van der Waals surface area contributed by atoms with E-state index in [1.54, 1.807) is 17.8 Å². The van der Waals surface area contributed by atoms with Crippen LogP contribution in [0, 0.1) is 0 Å². The molecule has 1 amide bonds. The number of thioether (sulfide) groups is 1. The number of fused-ring (bicyclic) bond motifs is 1. The lowest BCUT2D eigenvalue weighted by Gasteiger charge is -2.18. The molecule has 25 heavy (non-hydrogen) atoms. The Balaban J connectivity index is 1.42. The maximum absolute atomic E-state index is 11.9. The summed E-state index contributed by atoms with van der Waals surface area (Å²) in [5.41, 5.74) is 0.898. The standard InChI is InChI=1S/C19H18ClNO3S/c20-15-3-5-16(6-4-15)25-12-9-21-19(22)8-2-14-1-7-17-18(13-14)24-11-10-23-17/h1-8,13H,9-12H2,(H,21,22)/b8-2+. The van der Waals surface area contributed by atoms with Crippen LogP contribution in [0.5, 0.6) is 11.5 Å². The van der Waals surface area contributed by atoms with E-state index in [0.717, 1.165) is 27.0 Å². The Bertz CT molecular complexity index is 762. The van der Waals surface area contributed by atoms with Gasteiger partial charge in [0.15, 0.2) is 11.5 Å². The van der Waals surface area contributed by atoms with Crippen molar-refractivity contribution in [1.82, 2.24) is 5.32 Å². The second kappa shape index (κ2) is 8.83. The number of amides is 1. The SMILES string of the molecule is O=C(/C=C/c1ccc2c(c1)OCCO2)NCCSc1ccc(Cl)cc1. The third-order valence-corrected chi connectivity index (χ3v) is 4.74. The highest BCUT2D eigenvalue weighted by Gasteiger charge is 2.10. The minimum Gasteiger partial charge on any atom is -0.486 e. The van der Waals surface area contributed by atoms with Crippen molar-refractivity contribution < 1.29 is 14.3 Å². The molecule has 3 rings (SSSR count). The lowest BCUT2D eigenvalue weighted by atomic mass is 10.2. The van der Waals surface area contributed by atoms with Crippen LogP contribution in [0.15, 0.2) is 53.4 Å². The summed E-state index contributed by atoms with van der Waals surface area (Å²) in [4.78, 5) is 13.0. The molecule has 2 aromatic rings. The molecule has 0 atom stereocenters. The zero-order valence-electron chi connectivity index (χ0n) is 13.5. The monoisotopic (exact) mass is 375 g/mol. The van der Waals surface area contributed by atoms with Gasteiger partial charge in [0.05, 0.1) is 0 Å². The van der Waals surface area contributed by atoms with Crippen molar-refractivity contribution in [2.75, 3.05) is 25.5 Å². The van der Waals surface area contributed by atoms with Crippen LogP contribution in [0.2, 0.25) is 5.02 Å². The third-order valence-electron chi connectivity index (χ3n) is 3.48. The van der Waals surface area contributed by atoms with Crippen molar-refractivity contribution in [2.45, 2.75) is 4.90 Å². The first-order valence-electron chi connectivity index (χ1n) is 7.95. The normalized spacial score (nSPS) is 13.0. The number of benzene rings is 2. The quantitative estimate of drug-likeness (QED) is 0.470. The van der Waals surface area contributed by atoms with Gasteiger partial charge in [-0.3, -0.25) is 4.79 Å². The molecule has 2 aromatic carbocycles. The number of carbonyl (C=O) groups is 1. The molecule has 1 aliphatic heterocycles. The van der Waals surface area contributed by atoms with E-state index in [9.17, 15) is 4.79 Å². The molecular formula is C19H18ClNO3S. The number of hydrogen-bond acceptors (Lipinski definition) is 4. The first-order valence-corrected chi connectivity index (χ1v) is 9.31. The van der Waals surface area contributed by atoms with E-state index < -0.39 is 0 Å². The zero-order chi connectivity index (χ0) is 17.5. The van der Waals surface area contributed by atoms with E-state index >= 15 is 0 Å². The summed E-state index contributed by atoms with van der Waals surface area (Å²) in [5, 5.41) is 3.59. The van der Waals surface area contributed by atoms with E-state index in [2.05, 4.69) is 5.32 Å². The Morgan fingerprint density at radius 1 is 1.12 bits per heavy atom. The van der Waals surface area contributed by atoms with E-state index in [1.807, 2.05) is 42.5 Å². The number of nitrogens with one attached hydrogen (secondary N) is 1. The van der Waals surface area contributed by atoms with Crippen molar-refractivity contribution in [2.24, 2.45) is 0 Å². The summed E-state index contributed by atoms with van der Waals surface area (Å²) in [6, 6.07) is 13.3. The zero-order valence-corrected chi connectivity index (χ0v) is 15.1. The molecule has 6 heteroatoms. The topological polar surface area (TPSA) is 47.6 Å². The van der Waals surface area contributed by atoms with Crippen molar-refractivity contribution in [1.29, 1.82) is 0 Å². The van der Waals surface area contributed by atoms with Gasteiger partial charge in [0, 0.05) is 28.3 Å². The minimum absolute atomic E-state index is 0.119. The molecule has 0 bridgehead atoms. The van der Waals surface area contributed by atoms with Gasteiger partial charge in [-0.1, -0.05) is 17.7 Å². The van der Waals surface area contributed by atoms with Crippen LogP contribution in [-0.4, -0.2) is 31.4 Å². The molecule has 0 spiro atoms. The smallest absolute Gasteiger partial charge is 0.244 e. The summed E-state index contributed by atoms with van der Waals surface area (Å²) in [6.45, 7) is 1.71. The summed E-state index contributed by atoms with van der Waals surface area (Å²) in [6.07, 6.45) is 3.29. The van der Waals surface area contributed by atoms with E-state index in [4.69, 9.17) is 21.1 Å². The third kappa shape index (κ3) is 5.44. The first kappa shape index (κ1) is 17.7. The largest absolute Gasteiger partial charge is 0.486 e. The molecule has 1 aliphatic rings. The fourth-order valence-electron chi connectivity index (χ4n) is 2.27.